The van der Waals surface area contributed by atoms with Gasteiger partial charge < -0.3 is 4.74 Å². The SMILES string of the molecule is COc1ccc(C(NN)c2ccc(C)c(Cl)c2)cc1F. The molecule has 5 heteroatoms. The van der Waals surface area contributed by atoms with Gasteiger partial charge >= 0.3 is 0 Å². The maximum Gasteiger partial charge on any atom is 0.165 e. The minimum absolute atomic E-state index is 0.200. The molecule has 0 fully saturated rings. The van der Waals surface area contributed by atoms with Gasteiger partial charge in [-0.15, -0.1) is 0 Å². The molecule has 2 aromatic rings. The van der Waals surface area contributed by atoms with Crippen molar-refractivity contribution < 1.29 is 9.13 Å². The second kappa shape index (κ2) is 6.22. The molecule has 1 unspecified atom stereocenters. The molecule has 0 bridgehead atoms. The third-order valence-electron chi connectivity index (χ3n) is 3.21. The van der Waals surface area contributed by atoms with Crippen LogP contribution in [0.4, 0.5) is 4.39 Å². The van der Waals surface area contributed by atoms with Crippen molar-refractivity contribution >= 4 is 11.6 Å². The molecule has 2 rings (SSSR count). The van der Waals surface area contributed by atoms with Gasteiger partial charge in [-0.2, -0.15) is 0 Å². The fourth-order valence-electron chi connectivity index (χ4n) is 2.04. The number of nitrogens with two attached hydrogens (primary N) is 1. The van der Waals surface area contributed by atoms with E-state index >= 15 is 0 Å². The van der Waals surface area contributed by atoms with Crippen LogP contribution in [0.5, 0.6) is 5.75 Å². The van der Waals surface area contributed by atoms with E-state index in [-0.39, 0.29) is 11.8 Å². The van der Waals surface area contributed by atoms with E-state index in [0.717, 1.165) is 11.1 Å². The largest absolute Gasteiger partial charge is 0.494 e. The summed E-state index contributed by atoms with van der Waals surface area (Å²) in [5.74, 6) is 5.37. The van der Waals surface area contributed by atoms with Gasteiger partial charge in [0.2, 0.25) is 0 Å². The zero-order chi connectivity index (χ0) is 14.7. The minimum Gasteiger partial charge on any atom is -0.494 e. The summed E-state index contributed by atoms with van der Waals surface area (Å²) in [5.41, 5.74) is 5.23. The molecular formula is C15H16ClFN2O. The molecule has 3 N–H and O–H groups in total. The predicted molar refractivity (Wildman–Crippen MR) is 78.3 cm³/mol. The van der Waals surface area contributed by atoms with E-state index in [9.17, 15) is 4.39 Å². The molecule has 2 aromatic carbocycles. The first-order chi connectivity index (χ1) is 9.56. The van der Waals surface area contributed by atoms with Gasteiger partial charge in [0.05, 0.1) is 13.2 Å². The number of hydrazine groups is 1. The highest BCUT2D eigenvalue weighted by Crippen LogP contribution is 2.28. The van der Waals surface area contributed by atoms with Crippen molar-refractivity contribution in [2.45, 2.75) is 13.0 Å². The van der Waals surface area contributed by atoms with E-state index < -0.39 is 5.82 Å². The molecule has 0 aliphatic carbocycles. The van der Waals surface area contributed by atoms with E-state index in [4.69, 9.17) is 22.2 Å². The first-order valence-electron chi connectivity index (χ1n) is 6.12. The van der Waals surface area contributed by atoms with Crippen molar-refractivity contribution in [3.05, 3.63) is 63.9 Å². The third-order valence-corrected chi connectivity index (χ3v) is 3.61. The number of benzene rings is 2. The number of nitrogens with one attached hydrogen (secondary N) is 1. The summed E-state index contributed by atoms with van der Waals surface area (Å²) in [6.45, 7) is 1.92. The normalized spacial score (nSPS) is 12.2. The maximum absolute atomic E-state index is 13.8. The molecular weight excluding hydrogens is 279 g/mol. The summed E-state index contributed by atoms with van der Waals surface area (Å²) in [7, 11) is 1.43. The van der Waals surface area contributed by atoms with E-state index in [1.165, 1.54) is 13.2 Å². The summed E-state index contributed by atoms with van der Waals surface area (Å²) in [6.07, 6.45) is 0. The lowest BCUT2D eigenvalue weighted by molar-refractivity contribution is 0.385. The van der Waals surface area contributed by atoms with Gasteiger partial charge in [0.15, 0.2) is 11.6 Å². The number of hydrogen-bond donors (Lipinski definition) is 2. The van der Waals surface area contributed by atoms with Crippen LogP contribution in [0, 0.1) is 12.7 Å². The molecule has 1 atom stereocenters. The highest BCUT2D eigenvalue weighted by atomic mass is 35.5. The summed E-state index contributed by atoms with van der Waals surface area (Å²) in [5, 5.41) is 0.650. The van der Waals surface area contributed by atoms with Crippen molar-refractivity contribution in [1.29, 1.82) is 0 Å². The highest BCUT2D eigenvalue weighted by Gasteiger charge is 2.15. The topological polar surface area (TPSA) is 47.3 Å². The molecule has 20 heavy (non-hydrogen) atoms. The van der Waals surface area contributed by atoms with Crippen molar-refractivity contribution in [2.75, 3.05) is 7.11 Å². The monoisotopic (exact) mass is 294 g/mol. The van der Waals surface area contributed by atoms with Crippen LogP contribution in [0.3, 0.4) is 0 Å². The predicted octanol–water partition coefficient (Wildman–Crippen LogP) is 3.35. The highest BCUT2D eigenvalue weighted by molar-refractivity contribution is 6.31. The second-order valence-electron chi connectivity index (χ2n) is 4.50. The Balaban J connectivity index is 2.41. The summed E-state index contributed by atoms with van der Waals surface area (Å²) < 4.78 is 18.7. The zero-order valence-electron chi connectivity index (χ0n) is 11.3. The average Bonchev–Trinajstić information content (AvgIpc) is 2.44. The minimum atomic E-state index is -0.427. The van der Waals surface area contributed by atoms with Gasteiger partial charge in [-0.25, -0.2) is 9.82 Å². The Morgan fingerprint density at radius 3 is 2.40 bits per heavy atom. The van der Waals surface area contributed by atoms with E-state index in [2.05, 4.69) is 5.43 Å². The Bertz CT molecular complexity index is 619. The van der Waals surface area contributed by atoms with Crippen LogP contribution in [0.2, 0.25) is 5.02 Å². The molecule has 0 radical (unpaired) electrons. The van der Waals surface area contributed by atoms with Crippen molar-refractivity contribution in [1.82, 2.24) is 5.43 Å². The first-order valence-corrected chi connectivity index (χ1v) is 6.50. The number of methoxy groups -OCH3 is 1. The third kappa shape index (κ3) is 2.93. The summed E-state index contributed by atoms with van der Waals surface area (Å²) in [4.78, 5) is 0. The number of rotatable bonds is 4. The fourth-order valence-corrected chi connectivity index (χ4v) is 2.22. The second-order valence-corrected chi connectivity index (χ2v) is 4.91. The number of ether oxygens (including phenoxy) is 1. The van der Waals surface area contributed by atoms with Gasteiger partial charge in [0, 0.05) is 5.02 Å². The Labute approximate surface area is 122 Å². The molecule has 3 nitrogen and oxygen atoms in total. The van der Waals surface area contributed by atoms with Crippen molar-refractivity contribution in [3.8, 4) is 5.75 Å². The van der Waals surface area contributed by atoms with E-state index in [0.29, 0.717) is 10.6 Å². The molecule has 106 valence electrons. The van der Waals surface area contributed by atoms with Crippen molar-refractivity contribution in [3.63, 3.8) is 0 Å². The molecule has 0 spiro atoms. The standard InChI is InChI=1S/C15H16ClFN2O/c1-9-3-4-10(7-12(9)16)15(19-18)11-5-6-14(20-2)13(17)8-11/h3-8,15,19H,18H2,1-2H3. The molecule has 0 heterocycles. The lowest BCUT2D eigenvalue weighted by Crippen LogP contribution is -2.29. The van der Waals surface area contributed by atoms with Crippen LogP contribution in [-0.2, 0) is 0 Å². The molecule has 0 saturated carbocycles. The molecule has 0 aromatic heterocycles. The summed E-state index contributed by atoms with van der Waals surface area (Å²) in [6, 6.07) is 10.0. The fraction of sp³-hybridized carbons (Fsp3) is 0.200. The van der Waals surface area contributed by atoms with Crippen LogP contribution in [0.25, 0.3) is 0 Å². The first kappa shape index (κ1) is 14.8. The van der Waals surface area contributed by atoms with Crippen molar-refractivity contribution in [2.24, 2.45) is 5.84 Å². The van der Waals surface area contributed by atoms with E-state index in [1.807, 2.05) is 25.1 Å². The lowest BCUT2D eigenvalue weighted by Gasteiger charge is -2.18. The van der Waals surface area contributed by atoms with Gasteiger partial charge in [-0.3, -0.25) is 5.84 Å². The Morgan fingerprint density at radius 2 is 1.85 bits per heavy atom. The molecule has 0 aliphatic rings. The van der Waals surface area contributed by atoms with Gasteiger partial charge in [-0.05, 0) is 41.8 Å². The molecule has 0 amide bonds. The number of hydrogen-bond acceptors (Lipinski definition) is 3. The average molecular weight is 295 g/mol. The van der Waals surface area contributed by atoms with E-state index in [1.54, 1.807) is 12.1 Å². The zero-order valence-corrected chi connectivity index (χ0v) is 12.0. The van der Waals surface area contributed by atoms with Gasteiger partial charge in [0.25, 0.3) is 0 Å². The number of aryl methyl sites for hydroxylation is 1. The Hall–Kier alpha value is -1.62. The van der Waals surface area contributed by atoms with Crippen LogP contribution < -0.4 is 16.0 Å². The van der Waals surface area contributed by atoms with Crippen LogP contribution in [0.15, 0.2) is 36.4 Å². The van der Waals surface area contributed by atoms with Crippen LogP contribution in [0.1, 0.15) is 22.7 Å². The molecule has 0 saturated heterocycles. The quantitative estimate of drug-likeness (QED) is 0.671. The van der Waals surface area contributed by atoms with Crippen LogP contribution in [-0.4, -0.2) is 7.11 Å². The molecule has 0 aliphatic heterocycles. The summed E-state index contributed by atoms with van der Waals surface area (Å²) >= 11 is 6.12. The smallest absolute Gasteiger partial charge is 0.165 e. The Morgan fingerprint density at radius 1 is 1.20 bits per heavy atom. The number of halogens is 2. The van der Waals surface area contributed by atoms with Gasteiger partial charge in [0.1, 0.15) is 0 Å². The maximum atomic E-state index is 13.8. The van der Waals surface area contributed by atoms with Gasteiger partial charge in [-0.1, -0.05) is 29.8 Å². The van der Waals surface area contributed by atoms with Crippen LogP contribution >= 0.6 is 11.6 Å². The Kier molecular flexibility index (Phi) is 4.60. The lowest BCUT2D eigenvalue weighted by atomic mass is 9.98.